The first-order valence-electron chi connectivity index (χ1n) is 4.26. The zero-order valence-electron chi connectivity index (χ0n) is 7.25. The third-order valence-electron chi connectivity index (χ3n) is 1.95. The Balaban J connectivity index is 2.24. The summed E-state index contributed by atoms with van der Waals surface area (Å²) in [6.45, 7) is 1.80. The smallest absolute Gasteiger partial charge is 0.232 e. The lowest BCUT2D eigenvalue weighted by Crippen LogP contribution is -2.40. The van der Waals surface area contributed by atoms with E-state index in [0.29, 0.717) is 6.04 Å². The van der Waals surface area contributed by atoms with E-state index < -0.39 is 0 Å². The van der Waals surface area contributed by atoms with Crippen LogP contribution in [-0.4, -0.2) is 28.7 Å². The maximum atomic E-state index is 11.2. The summed E-state index contributed by atoms with van der Waals surface area (Å²) in [6, 6.07) is 0.397. The van der Waals surface area contributed by atoms with Gasteiger partial charge >= 0.3 is 0 Å². The number of carbonyl (C=O) groups is 1. The summed E-state index contributed by atoms with van der Waals surface area (Å²) in [5.74, 6) is 2.41. The lowest BCUT2D eigenvalue weighted by molar-refractivity contribution is -0.121. The van der Waals surface area contributed by atoms with Crippen molar-refractivity contribution in [1.29, 1.82) is 0 Å². The van der Waals surface area contributed by atoms with Crippen LogP contribution < -0.4 is 5.32 Å². The molecule has 0 spiro atoms. The van der Waals surface area contributed by atoms with Crippen LogP contribution in [0.1, 0.15) is 19.8 Å². The molecule has 1 aliphatic rings. The minimum absolute atomic E-state index is 0.0650. The highest BCUT2D eigenvalue weighted by Crippen LogP contribution is 2.16. The normalized spacial score (nSPS) is 21.8. The van der Waals surface area contributed by atoms with Gasteiger partial charge in [0.25, 0.3) is 0 Å². The molecule has 1 saturated heterocycles. The predicted molar refractivity (Wildman–Crippen MR) is 56.9 cm³/mol. The van der Waals surface area contributed by atoms with Crippen molar-refractivity contribution in [1.82, 2.24) is 5.32 Å². The summed E-state index contributed by atoms with van der Waals surface area (Å²) in [5, 5.41) is 2.81. The first-order valence-corrected chi connectivity index (χ1v) is 5.93. The van der Waals surface area contributed by atoms with Crippen LogP contribution in [-0.2, 0) is 4.79 Å². The van der Waals surface area contributed by atoms with Gasteiger partial charge in [0.1, 0.15) is 0 Å². The molecule has 12 heavy (non-hydrogen) atoms. The van der Waals surface area contributed by atoms with Gasteiger partial charge in [-0.3, -0.25) is 4.79 Å². The molecule has 0 aromatic carbocycles. The summed E-state index contributed by atoms with van der Waals surface area (Å²) >= 11 is 6.04. The quantitative estimate of drug-likeness (QED) is 0.666. The average molecular weight is 205 g/mol. The maximum absolute atomic E-state index is 11.2. The van der Waals surface area contributed by atoms with Crippen molar-refractivity contribution in [2.45, 2.75) is 31.1 Å². The van der Waals surface area contributed by atoms with E-state index in [1.807, 2.05) is 11.8 Å². The minimum Gasteiger partial charge on any atom is -0.352 e. The van der Waals surface area contributed by atoms with E-state index in [9.17, 15) is 4.79 Å². The fourth-order valence-corrected chi connectivity index (χ4v) is 2.34. The number of thioether (sulfide) groups is 1. The van der Waals surface area contributed by atoms with E-state index in [-0.39, 0.29) is 11.2 Å². The van der Waals surface area contributed by atoms with Gasteiger partial charge in [-0.1, -0.05) is 0 Å². The Labute approximate surface area is 83.3 Å². The lowest BCUT2D eigenvalue weighted by Gasteiger charge is -2.23. The van der Waals surface area contributed by atoms with Gasteiger partial charge in [0.05, 0.1) is 5.25 Å². The Morgan fingerprint density at radius 3 is 2.67 bits per heavy atom. The summed E-state index contributed by atoms with van der Waals surface area (Å²) < 4.78 is 0. The molecule has 0 radical (unpaired) electrons. The Bertz CT molecular complexity index is 155. The molecular weight excluding hydrogens is 190 g/mol. The van der Waals surface area contributed by atoms with Gasteiger partial charge in [-0.05, 0) is 31.3 Å². The molecule has 70 valence electrons. The zero-order chi connectivity index (χ0) is 8.97. The fourth-order valence-electron chi connectivity index (χ4n) is 1.16. The van der Waals surface area contributed by atoms with Crippen LogP contribution in [0.2, 0.25) is 0 Å². The van der Waals surface area contributed by atoms with Crippen molar-refractivity contribution in [3.05, 3.63) is 0 Å². The van der Waals surface area contributed by atoms with Gasteiger partial charge in [0.15, 0.2) is 0 Å². The van der Waals surface area contributed by atoms with Crippen molar-refractivity contribution >= 4 is 30.3 Å². The topological polar surface area (TPSA) is 29.1 Å². The summed E-state index contributed by atoms with van der Waals surface area (Å²) in [4.78, 5) is 11.2. The summed E-state index contributed by atoms with van der Waals surface area (Å²) in [7, 11) is 0. The molecule has 0 saturated carbocycles. The number of rotatable bonds is 2. The second-order valence-corrected chi connectivity index (χ2v) is 5.07. The highest BCUT2D eigenvalue weighted by Gasteiger charge is 2.17. The fraction of sp³-hybridized carbons (Fsp3) is 0.875. The van der Waals surface area contributed by atoms with Crippen LogP contribution in [0.3, 0.4) is 0 Å². The van der Waals surface area contributed by atoms with Gasteiger partial charge in [-0.2, -0.15) is 24.4 Å². The Kier molecular flexibility index (Phi) is 4.29. The number of thiol groups is 1. The van der Waals surface area contributed by atoms with Crippen LogP contribution in [0.15, 0.2) is 0 Å². The van der Waals surface area contributed by atoms with Crippen LogP contribution in [0, 0.1) is 0 Å². The van der Waals surface area contributed by atoms with Crippen LogP contribution in [0.5, 0.6) is 0 Å². The van der Waals surface area contributed by atoms with Crippen LogP contribution >= 0.6 is 24.4 Å². The van der Waals surface area contributed by atoms with Crippen molar-refractivity contribution in [2.24, 2.45) is 0 Å². The van der Waals surface area contributed by atoms with Gasteiger partial charge in [0.2, 0.25) is 5.91 Å². The highest BCUT2D eigenvalue weighted by atomic mass is 32.2. The van der Waals surface area contributed by atoms with Crippen molar-refractivity contribution in [2.75, 3.05) is 11.5 Å². The third kappa shape index (κ3) is 3.27. The zero-order valence-corrected chi connectivity index (χ0v) is 8.96. The molecule has 1 unspecified atom stereocenters. The number of hydrogen-bond acceptors (Lipinski definition) is 3. The van der Waals surface area contributed by atoms with Crippen LogP contribution in [0.4, 0.5) is 0 Å². The second-order valence-electron chi connectivity index (χ2n) is 3.07. The van der Waals surface area contributed by atoms with Gasteiger partial charge in [-0.15, -0.1) is 0 Å². The molecule has 0 aliphatic carbocycles. The number of carbonyl (C=O) groups excluding carboxylic acids is 1. The van der Waals surface area contributed by atoms with Gasteiger partial charge < -0.3 is 5.32 Å². The Morgan fingerprint density at radius 1 is 1.58 bits per heavy atom. The van der Waals surface area contributed by atoms with E-state index in [1.54, 1.807) is 6.92 Å². The van der Waals surface area contributed by atoms with E-state index in [4.69, 9.17) is 0 Å². The van der Waals surface area contributed by atoms with E-state index in [1.165, 1.54) is 11.5 Å². The van der Waals surface area contributed by atoms with Gasteiger partial charge in [0, 0.05) is 6.04 Å². The molecule has 1 rings (SSSR count). The van der Waals surface area contributed by atoms with E-state index in [2.05, 4.69) is 17.9 Å². The molecule has 0 aromatic heterocycles. The molecule has 4 heteroatoms. The summed E-state index contributed by atoms with van der Waals surface area (Å²) in [6.07, 6.45) is 2.22. The average Bonchev–Trinajstić information content (AvgIpc) is 2.06. The molecule has 1 fully saturated rings. The molecular formula is C8H15NOS2. The highest BCUT2D eigenvalue weighted by molar-refractivity contribution is 7.99. The van der Waals surface area contributed by atoms with Gasteiger partial charge in [-0.25, -0.2) is 0 Å². The van der Waals surface area contributed by atoms with Crippen molar-refractivity contribution in [3.63, 3.8) is 0 Å². The molecule has 1 aliphatic heterocycles. The molecule has 1 N–H and O–H groups in total. The number of nitrogens with one attached hydrogen (secondary N) is 1. The second kappa shape index (κ2) is 5.02. The maximum Gasteiger partial charge on any atom is 0.232 e. The molecule has 1 amide bonds. The monoisotopic (exact) mass is 205 g/mol. The van der Waals surface area contributed by atoms with Crippen LogP contribution in [0.25, 0.3) is 0 Å². The Morgan fingerprint density at radius 2 is 2.17 bits per heavy atom. The number of hydrogen-bond donors (Lipinski definition) is 2. The van der Waals surface area contributed by atoms with E-state index >= 15 is 0 Å². The standard InChI is InChI=1S/C8H15NOS2/c1-6(11)8(10)9-7-2-4-12-5-3-7/h6-7,11H,2-5H2,1H3,(H,9,10). The minimum atomic E-state index is -0.181. The largest absolute Gasteiger partial charge is 0.352 e. The number of amides is 1. The molecule has 1 heterocycles. The summed E-state index contributed by atoms with van der Waals surface area (Å²) in [5.41, 5.74) is 0. The molecule has 0 bridgehead atoms. The molecule has 2 nitrogen and oxygen atoms in total. The predicted octanol–water partition coefficient (Wildman–Crippen LogP) is 1.32. The first-order chi connectivity index (χ1) is 5.70. The van der Waals surface area contributed by atoms with E-state index in [0.717, 1.165) is 12.8 Å². The third-order valence-corrected chi connectivity index (χ3v) is 3.23. The Hall–Kier alpha value is 0.170. The first kappa shape index (κ1) is 10.3. The SMILES string of the molecule is CC(S)C(=O)NC1CCSCC1. The lowest BCUT2D eigenvalue weighted by atomic mass is 10.1. The molecule has 1 atom stereocenters. The van der Waals surface area contributed by atoms with Crippen molar-refractivity contribution < 1.29 is 4.79 Å². The molecule has 0 aromatic rings. The van der Waals surface area contributed by atoms with Crippen molar-refractivity contribution in [3.8, 4) is 0 Å².